The third-order valence-corrected chi connectivity index (χ3v) is 3.23. The summed E-state index contributed by atoms with van der Waals surface area (Å²) in [6, 6.07) is 11.8. The first kappa shape index (κ1) is 11.5. The molecule has 4 nitrogen and oxygen atoms in total. The lowest BCUT2D eigenvalue weighted by Crippen LogP contribution is -2.10. The highest BCUT2D eigenvalue weighted by atomic mass is 79.9. The molecule has 0 spiro atoms. The number of hydrogen-bond acceptors (Lipinski definition) is 3. The lowest BCUT2D eigenvalue weighted by atomic mass is 10.3. The van der Waals surface area contributed by atoms with Crippen LogP contribution in [0.1, 0.15) is 0 Å². The van der Waals surface area contributed by atoms with Crippen molar-refractivity contribution in [3.8, 4) is 11.6 Å². The number of para-hydroxylation sites is 2. The van der Waals surface area contributed by atoms with Gasteiger partial charge < -0.3 is 14.7 Å². The number of benzene rings is 1. The van der Waals surface area contributed by atoms with Crippen molar-refractivity contribution in [1.82, 2.24) is 9.55 Å². The SMILES string of the molecule is NCCn1c(-c2ccc(Br)o2)nc2ccccc21. The van der Waals surface area contributed by atoms with Crippen molar-refractivity contribution in [2.24, 2.45) is 5.73 Å². The molecule has 3 aromatic rings. The van der Waals surface area contributed by atoms with Crippen LogP contribution >= 0.6 is 15.9 Å². The minimum Gasteiger partial charge on any atom is -0.446 e. The maximum atomic E-state index is 5.67. The standard InChI is InChI=1S/C13H12BrN3O/c14-12-6-5-11(18-12)13-16-9-3-1-2-4-10(9)17(13)8-7-15/h1-6H,7-8,15H2. The van der Waals surface area contributed by atoms with Crippen molar-refractivity contribution in [3.05, 3.63) is 41.1 Å². The zero-order chi connectivity index (χ0) is 12.5. The number of furan rings is 1. The van der Waals surface area contributed by atoms with Crippen LogP contribution in [0.3, 0.4) is 0 Å². The van der Waals surface area contributed by atoms with E-state index in [9.17, 15) is 0 Å². The van der Waals surface area contributed by atoms with Crippen molar-refractivity contribution in [1.29, 1.82) is 0 Å². The molecule has 0 aliphatic rings. The molecule has 0 unspecified atom stereocenters. The Morgan fingerprint density at radius 3 is 2.78 bits per heavy atom. The van der Waals surface area contributed by atoms with Gasteiger partial charge in [-0.25, -0.2) is 4.98 Å². The quantitative estimate of drug-likeness (QED) is 0.809. The van der Waals surface area contributed by atoms with Crippen LogP contribution in [0.15, 0.2) is 45.5 Å². The highest BCUT2D eigenvalue weighted by molar-refractivity contribution is 9.10. The van der Waals surface area contributed by atoms with Gasteiger partial charge in [0.25, 0.3) is 0 Å². The van der Waals surface area contributed by atoms with Gasteiger partial charge in [-0.1, -0.05) is 12.1 Å². The van der Waals surface area contributed by atoms with E-state index < -0.39 is 0 Å². The van der Waals surface area contributed by atoms with Gasteiger partial charge in [-0.3, -0.25) is 0 Å². The smallest absolute Gasteiger partial charge is 0.177 e. The highest BCUT2D eigenvalue weighted by Crippen LogP contribution is 2.27. The Labute approximate surface area is 113 Å². The van der Waals surface area contributed by atoms with Crippen molar-refractivity contribution >= 4 is 27.0 Å². The molecule has 0 bridgehead atoms. The van der Waals surface area contributed by atoms with Crippen molar-refractivity contribution in [2.75, 3.05) is 6.54 Å². The second-order valence-electron chi connectivity index (χ2n) is 3.97. The fourth-order valence-electron chi connectivity index (χ4n) is 2.05. The fourth-order valence-corrected chi connectivity index (χ4v) is 2.36. The molecule has 2 aromatic heterocycles. The number of fused-ring (bicyclic) bond motifs is 1. The summed E-state index contributed by atoms with van der Waals surface area (Å²) < 4.78 is 8.36. The number of nitrogens with zero attached hydrogens (tertiary/aromatic N) is 2. The normalized spacial score (nSPS) is 11.2. The fraction of sp³-hybridized carbons (Fsp3) is 0.154. The van der Waals surface area contributed by atoms with Crippen LogP contribution in [-0.4, -0.2) is 16.1 Å². The molecule has 0 amide bonds. The molecule has 92 valence electrons. The monoisotopic (exact) mass is 305 g/mol. The number of imidazole rings is 1. The number of halogens is 1. The Morgan fingerprint density at radius 2 is 2.06 bits per heavy atom. The summed E-state index contributed by atoms with van der Waals surface area (Å²) in [5.74, 6) is 1.55. The lowest BCUT2D eigenvalue weighted by Gasteiger charge is -2.05. The minimum atomic E-state index is 0.565. The second kappa shape index (κ2) is 4.59. The van der Waals surface area contributed by atoms with Gasteiger partial charge in [-0.2, -0.15) is 0 Å². The highest BCUT2D eigenvalue weighted by Gasteiger charge is 2.14. The molecule has 0 atom stereocenters. The third-order valence-electron chi connectivity index (χ3n) is 2.80. The van der Waals surface area contributed by atoms with E-state index in [0.717, 1.165) is 22.6 Å². The van der Waals surface area contributed by atoms with Gasteiger partial charge in [0.1, 0.15) is 0 Å². The maximum Gasteiger partial charge on any atom is 0.177 e. The van der Waals surface area contributed by atoms with Gasteiger partial charge in [-0.05, 0) is 40.2 Å². The Kier molecular flexibility index (Phi) is 2.93. The molecule has 0 radical (unpaired) electrons. The topological polar surface area (TPSA) is 57.0 Å². The minimum absolute atomic E-state index is 0.565. The Balaban J connectivity index is 2.24. The zero-order valence-corrected chi connectivity index (χ0v) is 11.2. The number of nitrogens with two attached hydrogens (primary N) is 1. The average Bonchev–Trinajstić information content (AvgIpc) is 2.95. The van der Waals surface area contributed by atoms with Gasteiger partial charge in [0, 0.05) is 13.1 Å². The first-order valence-corrected chi connectivity index (χ1v) is 6.50. The van der Waals surface area contributed by atoms with E-state index in [1.165, 1.54) is 0 Å². The molecule has 0 saturated heterocycles. The van der Waals surface area contributed by atoms with Crippen LogP contribution in [0, 0.1) is 0 Å². The number of hydrogen-bond donors (Lipinski definition) is 1. The van der Waals surface area contributed by atoms with Crippen LogP contribution in [0.2, 0.25) is 0 Å². The Morgan fingerprint density at radius 1 is 1.22 bits per heavy atom. The molecule has 2 heterocycles. The van der Waals surface area contributed by atoms with Gasteiger partial charge in [-0.15, -0.1) is 0 Å². The zero-order valence-electron chi connectivity index (χ0n) is 9.64. The molecule has 0 saturated carbocycles. The summed E-state index contributed by atoms with van der Waals surface area (Å²) in [5.41, 5.74) is 7.70. The predicted octanol–water partition coefficient (Wildman–Crippen LogP) is 3.02. The maximum absolute atomic E-state index is 5.67. The Hall–Kier alpha value is -1.59. The molecule has 0 aliphatic heterocycles. The summed E-state index contributed by atoms with van der Waals surface area (Å²) in [5, 5.41) is 0. The summed E-state index contributed by atoms with van der Waals surface area (Å²) >= 11 is 3.31. The van der Waals surface area contributed by atoms with E-state index in [1.54, 1.807) is 0 Å². The average molecular weight is 306 g/mol. The van der Waals surface area contributed by atoms with Crippen LogP contribution in [-0.2, 0) is 6.54 Å². The molecule has 5 heteroatoms. The van der Waals surface area contributed by atoms with Gasteiger partial charge in [0.15, 0.2) is 16.3 Å². The van der Waals surface area contributed by atoms with Gasteiger partial charge in [0.2, 0.25) is 0 Å². The first-order valence-electron chi connectivity index (χ1n) is 5.70. The second-order valence-corrected chi connectivity index (χ2v) is 4.75. The molecule has 2 N–H and O–H groups in total. The molecular weight excluding hydrogens is 294 g/mol. The van der Waals surface area contributed by atoms with Gasteiger partial charge >= 0.3 is 0 Å². The van der Waals surface area contributed by atoms with Crippen LogP contribution in [0.25, 0.3) is 22.6 Å². The summed E-state index contributed by atoms with van der Waals surface area (Å²) in [4.78, 5) is 4.61. The van der Waals surface area contributed by atoms with Crippen molar-refractivity contribution < 1.29 is 4.42 Å². The van der Waals surface area contributed by atoms with Crippen molar-refractivity contribution in [3.63, 3.8) is 0 Å². The van der Waals surface area contributed by atoms with E-state index in [0.29, 0.717) is 17.8 Å². The molecule has 3 rings (SSSR count). The van der Waals surface area contributed by atoms with Gasteiger partial charge in [0.05, 0.1) is 11.0 Å². The largest absolute Gasteiger partial charge is 0.446 e. The molecule has 1 aromatic carbocycles. The van der Waals surface area contributed by atoms with E-state index >= 15 is 0 Å². The third kappa shape index (κ3) is 1.85. The molecular formula is C13H12BrN3O. The van der Waals surface area contributed by atoms with E-state index in [2.05, 4.69) is 25.5 Å². The summed E-state index contributed by atoms with van der Waals surface area (Å²) in [6.07, 6.45) is 0. The summed E-state index contributed by atoms with van der Waals surface area (Å²) in [7, 11) is 0. The first-order chi connectivity index (χ1) is 8.79. The predicted molar refractivity (Wildman–Crippen MR) is 74.2 cm³/mol. The van der Waals surface area contributed by atoms with Crippen LogP contribution < -0.4 is 5.73 Å². The molecule has 0 aliphatic carbocycles. The van der Waals surface area contributed by atoms with Crippen molar-refractivity contribution in [2.45, 2.75) is 6.54 Å². The molecule has 0 fully saturated rings. The Bertz CT molecular complexity index is 686. The number of aromatic nitrogens is 2. The number of rotatable bonds is 3. The summed E-state index contributed by atoms with van der Waals surface area (Å²) in [6.45, 7) is 1.28. The van der Waals surface area contributed by atoms with E-state index in [4.69, 9.17) is 10.2 Å². The van der Waals surface area contributed by atoms with E-state index in [1.807, 2.05) is 36.4 Å². The van der Waals surface area contributed by atoms with Crippen LogP contribution in [0.5, 0.6) is 0 Å². The molecule has 18 heavy (non-hydrogen) atoms. The van der Waals surface area contributed by atoms with E-state index in [-0.39, 0.29) is 0 Å². The van der Waals surface area contributed by atoms with Crippen LogP contribution in [0.4, 0.5) is 0 Å². The lowest BCUT2D eigenvalue weighted by molar-refractivity contribution is 0.546.